The second-order valence-electron chi connectivity index (χ2n) is 3.44. The number of carbonyl (C=O) groups excluding carboxylic acids is 1. The maximum Gasteiger partial charge on any atom is 0.573 e. The van der Waals surface area contributed by atoms with E-state index in [0.717, 1.165) is 24.0 Å². The van der Waals surface area contributed by atoms with Gasteiger partial charge in [-0.25, -0.2) is 4.79 Å². The van der Waals surface area contributed by atoms with Crippen LogP contribution < -0.4 is 4.74 Å². The van der Waals surface area contributed by atoms with Crippen LogP contribution in [0.5, 0.6) is 5.75 Å². The van der Waals surface area contributed by atoms with Crippen LogP contribution in [0.2, 0.25) is 0 Å². The van der Waals surface area contributed by atoms with Gasteiger partial charge < -0.3 is 9.47 Å². The Morgan fingerprint density at radius 3 is 2.45 bits per heavy atom. The molecule has 0 spiro atoms. The van der Waals surface area contributed by atoms with E-state index in [9.17, 15) is 18.0 Å². The van der Waals surface area contributed by atoms with Crippen LogP contribution in [0.3, 0.4) is 0 Å². The number of esters is 1. The van der Waals surface area contributed by atoms with E-state index < -0.39 is 12.3 Å². The van der Waals surface area contributed by atoms with E-state index >= 15 is 0 Å². The zero-order valence-electron chi connectivity index (χ0n) is 9.96. The molecule has 0 aliphatic rings. The quantitative estimate of drug-likeness (QED) is 0.793. The first-order chi connectivity index (χ1) is 9.39. The molecule has 0 radical (unpaired) electrons. The van der Waals surface area contributed by atoms with E-state index in [2.05, 4.69) is 24.9 Å². The molecule has 0 bridgehead atoms. The Labute approximate surface area is 109 Å². The molecule has 0 unspecified atom stereocenters. The van der Waals surface area contributed by atoms with Crippen LogP contribution in [0.25, 0.3) is 5.69 Å². The van der Waals surface area contributed by atoms with Gasteiger partial charge >= 0.3 is 12.3 Å². The Morgan fingerprint density at radius 1 is 1.25 bits per heavy atom. The van der Waals surface area contributed by atoms with Crippen molar-refractivity contribution < 1.29 is 27.4 Å². The van der Waals surface area contributed by atoms with Crippen LogP contribution in [0.4, 0.5) is 13.2 Å². The number of alkyl halides is 3. The lowest BCUT2D eigenvalue weighted by molar-refractivity contribution is -0.274. The number of hydrogen-bond acceptors (Lipinski definition) is 6. The predicted octanol–water partition coefficient (Wildman–Crippen LogP) is 1.35. The molecule has 1 aromatic carbocycles. The van der Waals surface area contributed by atoms with Gasteiger partial charge in [-0.05, 0) is 29.5 Å². The molecule has 0 aliphatic heterocycles. The highest BCUT2D eigenvalue weighted by Gasteiger charge is 2.31. The van der Waals surface area contributed by atoms with E-state index in [1.54, 1.807) is 0 Å². The third-order valence-corrected chi connectivity index (χ3v) is 2.08. The molecule has 0 atom stereocenters. The summed E-state index contributed by atoms with van der Waals surface area (Å²) in [6.07, 6.45) is -4.76. The van der Waals surface area contributed by atoms with E-state index in [1.165, 1.54) is 12.1 Å². The van der Waals surface area contributed by atoms with Gasteiger partial charge in [0.05, 0.1) is 12.8 Å². The summed E-state index contributed by atoms with van der Waals surface area (Å²) in [5.41, 5.74) is 0.308. The SMILES string of the molecule is COC(=O)c1nnn(-c2ccc(OC(F)(F)F)cc2)n1. The highest BCUT2D eigenvalue weighted by Crippen LogP contribution is 2.23. The summed E-state index contributed by atoms with van der Waals surface area (Å²) in [5.74, 6) is -1.41. The second-order valence-corrected chi connectivity index (χ2v) is 3.44. The van der Waals surface area contributed by atoms with Gasteiger partial charge in [0, 0.05) is 0 Å². The molecule has 0 aliphatic carbocycles. The largest absolute Gasteiger partial charge is 0.573 e. The van der Waals surface area contributed by atoms with Crippen molar-refractivity contribution in [2.75, 3.05) is 7.11 Å². The smallest absolute Gasteiger partial charge is 0.463 e. The molecular formula is C10H7F3N4O3. The predicted molar refractivity (Wildman–Crippen MR) is 57.2 cm³/mol. The fraction of sp³-hybridized carbons (Fsp3) is 0.200. The topological polar surface area (TPSA) is 79.1 Å². The third-order valence-electron chi connectivity index (χ3n) is 2.08. The lowest BCUT2D eigenvalue weighted by atomic mass is 10.3. The maximum atomic E-state index is 12.0. The van der Waals surface area contributed by atoms with Crippen LogP contribution in [0, 0.1) is 0 Å². The number of benzene rings is 1. The Morgan fingerprint density at radius 2 is 1.90 bits per heavy atom. The average molecular weight is 288 g/mol. The van der Waals surface area contributed by atoms with Gasteiger partial charge in [0.2, 0.25) is 0 Å². The summed E-state index contributed by atoms with van der Waals surface area (Å²) in [5, 5.41) is 10.7. The molecule has 20 heavy (non-hydrogen) atoms. The lowest BCUT2D eigenvalue weighted by Gasteiger charge is -2.08. The molecule has 0 fully saturated rings. The van der Waals surface area contributed by atoms with Crippen molar-refractivity contribution in [2.45, 2.75) is 6.36 Å². The average Bonchev–Trinajstić information content (AvgIpc) is 2.86. The number of nitrogens with zero attached hydrogens (tertiary/aromatic N) is 4. The van der Waals surface area contributed by atoms with Gasteiger partial charge in [-0.3, -0.25) is 0 Å². The Bertz CT molecular complexity index is 609. The first kappa shape index (κ1) is 13.8. The third kappa shape index (κ3) is 3.22. The van der Waals surface area contributed by atoms with Crippen molar-refractivity contribution in [3.05, 3.63) is 30.1 Å². The van der Waals surface area contributed by atoms with Gasteiger partial charge in [-0.1, -0.05) is 0 Å². The molecule has 0 N–H and O–H groups in total. The van der Waals surface area contributed by atoms with Gasteiger partial charge in [0.25, 0.3) is 5.82 Å². The van der Waals surface area contributed by atoms with Crippen molar-refractivity contribution in [1.29, 1.82) is 0 Å². The summed E-state index contributed by atoms with van der Waals surface area (Å²) in [6, 6.07) is 4.74. The summed E-state index contributed by atoms with van der Waals surface area (Å²) in [6.45, 7) is 0. The second kappa shape index (κ2) is 5.15. The molecule has 0 saturated carbocycles. The van der Waals surface area contributed by atoms with E-state index in [1.807, 2.05) is 0 Å². The summed E-state index contributed by atoms with van der Waals surface area (Å²) < 4.78 is 44.1. The fourth-order valence-corrected chi connectivity index (χ4v) is 1.28. The first-order valence-electron chi connectivity index (χ1n) is 5.13. The van der Waals surface area contributed by atoms with Crippen LogP contribution >= 0.6 is 0 Å². The lowest BCUT2D eigenvalue weighted by Crippen LogP contribution is -2.17. The molecule has 0 amide bonds. The monoisotopic (exact) mass is 288 g/mol. The number of hydrogen-bond donors (Lipinski definition) is 0. The molecular weight excluding hydrogens is 281 g/mol. The van der Waals surface area contributed by atoms with E-state index in [4.69, 9.17) is 0 Å². The normalized spacial score (nSPS) is 11.2. The fourth-order valence-electron chi connectivity index (χ4n) is 1.28. The molecule has 10 heteroatoms. The highest BCUT2D eigenvalue weighted by atomic mass is 19.4. The maximum absolute atomic E-state index is 12.0. The number of aromatic nitrogens is 4. The van der Waals surface area contributed by atoms with Gasteiger partial charge in [-0.2, -0.15) is 0 Å². The van der Waals surface area contributed by atoms with Crippen LogP contribution in [0.1, 0.15) is 10.6 Å². The molecule has 1 aromatic heterocycles. The van der Waals surface area contributed by atoms with Crippen molar-refractivity contribution in [1.82, 2.24) is 20.2 Å². The highest BCUT2D eigenvalue weighted by molar-refractivity contribution is 5.84. The number of carbonyl (C=O) groups is 1. The van der Waals surface area contributed by atoms with Crippen molar-refractivity contribution in [3.8, 4) is 11.4 Å². The molecule has 0 saturated heterocycles. The number of methoxy groups -OCH3 is 1. The van der Waals surface area contributed by atoms with Crippen molar-refractivity contribution in [2.24, 2.45) is 0 Å². The Balaban J connectivity index is 2.18. The minimum Gasteiger partial charge on any atom is -0.463 e. The molecule has 2 aromatic rings. The van der Waals surface area contributed by atoms with Crippen LogP contribution in [0.15, 0.2) is 24.3 Å². The molecule has 7 nitrogen and oxygen atoms in total. The van der Waals surface area contributed by atoms with Crippen molar-refractivity contribution in [3.63, 3.8) is 0 Å². The molecule has 2 rings (SSSR count). The molecule has 1 heterocycles. The van der Waals surface area contributed by atoms with E-state index in [-0.39, 0.29) is 11.6 Å². The van der Waals surface area contributed by atoms with Crippen molar-refractivity contribution >= 4 is 5.97 Å². The van der Waals surface area contributed by atoms with Crippen LogP contribution in [-0.4, -0.2) is 39.6 Å². The summed E-state index contributed by atoms with van der Waals surface area (Å²) >= 11 is 0. The van der Waals surface area contributed by atoms with E-state index in [0.29, 0.717) is 5.69 Å². The summed E-state index contributed by atoms with van der Waals surface area (Å²) in [4.78, 5) is 12.1. The first-order valence-corrected chi connectivity index (χ1v) is 5.13. The van der Waals surface area contributed by atoms with Gasteiger partial charge in [-0.15, -0.1) is 28.2 Å². The van der Waals surface area contributed by atoms with Gasteiger partial charge in [0.15, 0.2) is 0 Å². The molecule has 106 valence electrons. The Kier molecular flexibility index (Phi) is 3.55. The summed E-state index contributed by atoms with van der Waals surface area (Å²) in [7, 11) is 1.16. The van der Waals surface area contributed by atoms with Crippen LogP contribution in [-0.2, 0) is 4.74 Å². The number of halogens is 3. The standard InChI is InChI=1S/C10H7F3N4O3/c1-19-9(18)8-14-16-17(15-8)6-2-4-7(5-3-6)20-10(11,12)13/h2-5H,1H3. The number of ether oxygens (including phenoxy) is 2. The zero-order chi connectivity index (χ0) is 14.8. The van der Waals surface area contributed by atoms with Gasteiger partial charge in [0.1, 0.15) is 5.75 Å². The number of tetrazole rings is 1. The number of rotatable bonds is 3. The minimum atomic E-state index is -4.76. The Hall–Kier alpha value is -2.65. The zero-order valence-corrected chi connectivity index (χ0v) is 9.96. The minimum absolute atomic E-state index is 0.261.